The Balaban J connectivity index is 1.64. The van der Waals surface area contributed by atoms with Gasteiger partial charge in [-0.15, -0.1) is 0 Å². The number of hydrogen-bond acceptors (Lipinski definition) is 4. The fourth-order valence-electron chi connectivity index (χ4n) is 3.38. The van der Waals surface area contributed by atoms with E-state index in [0.717, 1.165) is 0 Å². The van der Waals surface area contributed by atoms with Gasteiger partial charge >= 0.3 is 0 Å². The second-order valence-electron chi connectivity index (χ2n) is 6.72. The second-order valence-corrected chi connectivity index (χ2v) is 7.54. The molecule has 2 aromatic carbocycles. The molecule has 154 valence electrons. The van der Waals surface area contributed by atoms with Crippen molar-refractivity contribution in [1.29, 1.82) is 0 Å². The largest absolute Gasteiger partial charge is 0.496 e. The van der Waals surface area contributed by atoms with E-state index in [1.54, 1.807) is 41.3 Å². The summed E-state index contributed by atoms with van der Waals surface area (Å²) in [5.41, 5.74) is 0.998. The Labute approximate surface area is 179 Å². The molecule has 0 radical (unpaired) electrons. The molecule has 0 atom stereocenters. The molecule has 8 heteroatoms. The minimum atomic E-state index is -0.187. The van der Waals surface area contributed by atoms with Crippen LogP contribution in [-0.4, -0.2) is 44.0 Å². The van der Waals surface area contributed by atoms with E-state index in [9.17, 15) is 9.59 Å². The van der Waals surface area contributed by atoms with Gasteiger partial charge < -0.3 is 19.7 Å². The van der Waals surface area contributed by atoms with Crippen LogP contribution in [0.4, 0.5) is 5.69 Å². The molecule has 1 aliphatic heterocycles. The van der Waals surface area contributed by atoms with E-state index in [1.165, 1.54) is 14.2 Å². The van der Waals surface area contributed by atoms with E-state index >= 15 is 0 Å². The van der Waals surface area contributed by atoms with E-state index in [1.807, 2.05) is 0 Å². The van der Waals surface area contributed by atoms with Crippen LogP contribution >= 0.6 is 23.2 Å². The van der Waals surface area contributed by atoms with E-state index in [0.29, 0.717) is 58.7 Å². The summed E-state index contributed by atoms with van der Waals surface area (Å²) in [6, 6.07) is 10.2. The van der Waals surface area contributed by atoms with Crippen molar-refractivity contribution in [3.05, 3.63) is 52.0 Å². The zero-order valence-electron chi connectivity index (χ0n) is 16.2. The third-order valence-electron chi connectivity index (χ3n) is 4.98. The van der Waals surface area contributed by atoms with Gasteiger partial charge in [0, 0.05) is 24.7 Å². The minimum absolute atomic E-state index is 0.0923. The Morgan fingerprint density at radius 2 is 1.62 bits per heavy atom. The van der Waals surface area contributed by atoms with Crippen LogP contribution in [0, 0.1) is 5.92 Å². The molecule has 1 fully saturated rings. The third-order valence-corrected chi connectivity index (χ3v) is 5.72. The molecule has 29 heavy (non-hydrogen) atoms. The molecule has 0 unspecified atom stereocenters. The Kier molecular flexibility index (Phi) is 6.87. The highest BCUT2D eigenvalue weighted by Gasteiger charge is 2.30. The summed E-state index contributed by atoms with van der Waals surface area (Å²) < 4.78 is 10.7. The van der Waals surface area contributed by atoms with Crippen molar-refractivity contribution in [3.63, 3.8) is 0 Å². The molecule has 2 aromatic rings. The van der Waals surface area contributed by atoms with Crippen molar-refractivity contribution >= 4 is 40.7 Å². The number of hydrogen-bond donors (Lipinski definition) is 1. The zero-order valence-corrected chi connectivity index (χ0v) is 17.7. The lowest BCUT2D eigenvalue weighted by Crippen LogP contribution is -2.41. The molecule has 0 aromatic heterocycles. The highest BCUT2D eigenvalue weighted by molar-refractivity contribution is 6.42. The van der Waals surface area contributed by atoms with Crippen molar-refractivity contribution in [2.24, 2.45) is 5.92 Å². The predicted molar refractivity (Wildman–Crippen MR) is 113 cm³/mol. The number of carbonyl (C=O) groups is 2. The van der Waals surface area contributed by atoms with Gasteiger partial charge in [-0.3, -0.25) is 9.59 Å². The topological polar surface area (TPSA) is 67.9 Å². The quantitative estimate of drug-likeness (QED) is 0.748. The second kappa shape index (κ2) is 9.37. The van der Waals surface area contributed by atoms with E-state index in [-0.39, 0.29) is 17.7 Å². The summed E-state index contributed by atoms with van der Waals surface area (Å²) in [6.07, 6.45) is 1.13. The predicted octanol–water partition coefficient (Wildman–Crippen LogP) is 4.50. The number of amides is 2. The molecule has 1 heterocycles. The highest BCUT2D eigenvalue weighted by Crippen LogP contribution is 2.31. The number of ether oxygens (including phenoxy) is 2. The average molecular weight is 437 g/mol. The number of halogens is 2. The van der Waals surface area contributed by atoms with Crippen LogP contribution in [0.3, 0.4) is 0 Å². The number of rotatable bonds is 5. The Bertz CT molecular complexity index is 889. The first-order valence-electron chi connectivity index (χ1n) is 9.20. The van der Waals surface area contributed by atoms with Crippen LogP contribution in [-0.2, 0) is 4.79 Å². The Hall–Kier alpha value is -2.44. The van der Waals surface area contributed by atoms with Crippen LogP contribution in [0.15, 0.2) is 36.4 Å². The van der Waals surface area contributed by atoms with Gasteiger partial charge in [0.2, 0.25) is 5.91 Å². The van der Waals surface area contributed by atoms with Crippen molar-refractivity contribution in [2.75, 3.05) is 32.6 Å². The zero-order chi connectivity index (χ0) is 21.0. The molecule has 1 N–H and O–H groups in total. The smallest absolute Gasteiger partial charge is 0.261 e. The van der Waals surface area contributed by atoms with Gasteiger partial charge in [0.1, 0.15) is 17.1 Å². The summed E-state index contributed by atoms with van der Waals surface area (Å²) in [5.74, 6) is 0.490. The molecule has 0 aliphatic carbocycles. The van der Waals surface area contributed by atoms with Gasteiger partial charge in [0.05, 0.1) is 24.3 Å². The molecule has 0 saturated carbocycles. The van der Waals surface area contributed by atoms with Crippen molar-refractivity contribution in [3.8, 4) is 11.5 Å². The van der Waals surface area contributed by atoms with E-state index < -0.39 is 0 Å². The molecule has 3 rings (SSSR count). The SMILES string of the molecule is COc1cccc(OC)c1C(=O)N1CCC(C(=O)Nc2ccc(Cl)c(Cl)c2)CC1. The van der Waals surface area contributed by atoms with Gasteiger partial charge in [-0.25, -0.2) is 0 Å². The van der Waals surface area contributed by atoms with Crippen LogP contribution < -0.4 is 14.8 Å². The van der Waals surface area contributed by atoms with Crippen molar-refractivity contribution in [2.45, 2.75) is 12.8 Å². The summed E-state index contributed by atoms with van der Waals surface area (Å²) in [4.78, 5) is 27.3. The number of benzene rings is 2. The van der Waals surface area contributed by atoms with Crippen molar-refractivity contribution < 1.29 is 19.1 Å². The minimum Gasteiger partial charge on any atom is -0.496 e. The Morgan fingerprint density at radius 1 is 1.00 bits per heavy atom. The molecule has 1 aliphatic rings. The van der Waals surface area contributed by atoms with Gasteiger partial charge in [-0.1, -0.05) is 29.3 Å². The number of likely N-dealkylation sites (tertiary alicyclic amines) is 1. The molecule has 0 bridgehead atoms. The maximum Gasteiger partial charge on any atom is 0.261 e. The molecular formula is C21H22Cl2N2O4. The fourth-order valence-corrected chi connectivity index (χ4v) is 3.68. The first-order chi connectivity index (χ1) is 13.9. The maximum atomic E-state index is 13.0. The van der Waals surface area contributed by atoms with Crippen LogP contribution in [0.1, 0.15) is 23.2 Å². The number of carbonyl (C=O) groups excluding carboxylic acids is 2. The van der Waals surface area contributed by atoms with Crippen LogP contribution in [0.5, 0.6) is 11.5 Å². The van der Waals surface area contributed by atoms with E-state index in [2.05, 4.69) is 5.32 Å². The monoisotopic (exact) mass is 436 g/mol. The standard InChI is InChI=1S/C21H22Cl2N2O4/c1-28-17-4-3-5-18(29-2)19(17)21(27)25-10-8-13(9-11-25)20(26)24-14-6-7-15(22)16(23)12-14/h3-7,12-13H,8-11H2,1-2H3,(H,24,26). The highest BCUT2D eigenvalue weighted by atomic mass is 35.5. The number of nitrogens with zero attached hydrogens (tertiary/aromatic N) is 1. The lowest BCUT2D eigenvalue weighted by atomic mass is 9.95. The summed E-state index contributed by atoms with van der Waals surface area (Å²) >= 11 is 11.9. The van der Waals surface area contributed by atoms with Gasteiger partial charge in [0.15, 0.2) is 0 Å². The molecular weight excluding hydrogens is 415 g/mol. The number of methoxy groups -OCH3 is 2. The first kappa shape index (κ1) is 21.3. The first-order valence-corrected chi connectivity index (χ1v) is 9.96. The van der Waals surface area contributed by atoms with Crippen LogP contribution in [0.2, 0.25) is 10.0 Å². The summed E-state index contributed by atoms with van der Waals surface area (Å²) in [7, 11) is 3.04. The number of piperidine rings is 1. The van der Waals surface area contributed by atoms with E-state index in [4.69, 9.17) is 32.7 Å². The average Bonchev–Trinajstić information content (AvgIpc) is 2.75. The molecule has 2 amide bonds. The summed E-state index contributed by atoms with van der Waals surface area (Å²) in [5, 5.41) is 3.68. The molecule has 1 saturated heterocycles. The fraction of sp³-hybridized carbons (Fsp3) is 0.333. The van der Waals surface area contributed by atoms with Crippen molar-refractivity contribution in [1.82, 2.24) is 4.90 Å². The normalized spacial score (nSPS) is 14.4. The van der Waals surface area contributed by atoms with Gasteiger partial charge in [-0.05, 0) is 43.2 Å². The van der Waals surface area contributed by atoms with Gasteiger partial charge in [0.25, 0.3) is 5.91 Å². The third kappa shape index (κ3) is 4.77. The van der Waals surface area contributed by atoms with Gasteiger partial charge in [-0.2, -0.15) is 0 Å². The lowest BCUT2D eigenvalue weighted by molar-refractivity contribution is -0.121. The molecule has 0 spiro atoms. The maximum absolute atomic E-state index is 13.0. The van der Waals surface area contributed by atoms with Crippen LogP contribution in [0.25, 0.3) is 0 Å². The molecule has 6 nitrogen and oxygen atoms in total. The Morgan fingerprint density at radius 3 is 2.17 bits per heavy atom. The summed E-state index contributed by atoms with van der Waals surface area (Å²) in [6.45, 7) is 0.943. The lowest BCUT2D eigenvalue weighted by Gasteiger charge is -2.32. The number of nitrogens with one attached hydrogen (secondary N) is 1. The number of anilines is 1.